The summed E-state index contributed by atoms with van der Waals surface area (Å²) < 4.78 is 52.7. The monoisotopic (exact) mass is 334 g/mol. The molecule has 19 heavy (non-hydrogen) atoms. The lowest BCUT2D eigenvalue weighted by atomic mass is 9.90. The molecule has 102 valence electrons. The first-order valence-corrected chi connectivity index (χ1v) is 6.49. The Balaban J connectivity index is 2.52. The highest BCUT2D eigenvalue weighted by atomic mass is 79.9. The van der Waals surface area contributed by atoms with Crippen LogP contribution in [0.2, 0.25) is 0 Å². The van der Waals surface area contributed by atoms with Crippen LogP contribution < -0.4 is 0 Å². The molecule has 0 heterocycles. The molecule has 0 bridgehead atoms. The molecule has 1 aliphatic carbocycles. The zero-order valence-electron chi connectivity index (χ0n) is 10.0. The second-order valence-corrected chi connectivity index (χ2v) is 5.39. The van der Waals surface area contributed by atoms with Crippen LogP contribution in [0, 0.1) is 5.92 Å². The molecule has 0 radical (unpaired) electrons. The third-order valence-corrected chi connectivity index (χ3v) is 3.50. The topological polar surface area (TPSA) is 0 Å². The Kier molecular flexibility index (Phi) is 3.85. The van der Waals surface area contributed by atoms with E-state index in [1.807, 2.05) is 0 Å². The van der Waals surface area contributed by atoms with Crippen LogP contribution >= 0.6 is 15.9 Å². The number of hydrogen-bond donors (Lipinski definition) is 0. The summed E-state index contributed by atoms with van der Waals surface area (Å²) in [6.07, 6.45) is -1.36. The Morgan fingerprint density at radius 1 is 1.21 bits per heavy atom. The number of halogens is 5. The number of benzene rings is 1. The maximum absolute atomic E-state index is 13.3. The molecule has 0 fully saturated rings. The minimum Gasteiger partial charge on any atom is -0.242 e. The van der Waals surface area contributed by atoms with E-state index >= 15 is 0 Å². The lowest BCUT2D eigenvalue weighted by Crippen LogP contribution is -2.13. The van der Waals surface area contributed by atoms with Gasteiger partial charge >= 0.3 is 6.18 Å². The minimum absolute atomic E-state index is 0.0747. The molecule has 1 aromatic carbocycles. The van der Waals surface area contributed by atoms with Crippen LogP contribution in [0.1, 0.15) is 18.1 Å². The molecule has 0 amide bonds. The van der Waals surface area contributed by atoms with Crippen molar-refractivity contribution in [2.75, 3.05) is 0 Å². The van der Waals surface area contributed by atoms with Gasteiger partial charge in [0.25, 0.3) is 0 Å². The molecule has 0 N–H and O–H groups in total. The highest BCUT2D eigenvalue weighted by molar-refractivity contribution is 9.10. The number of alkyl halides is 4. The minimum atomic E-state index is -4.44. The Morgan fingerprint density at radius 2 is 1.89 bits per heavy atom. The summed E-state index contributed by atoms with van der Waals surface area (Å²) in [7, 11) is 0. The molecule has 0 spiro atoms. The van der Waals surface area contributed by atoms with E-state index in [1.54, 1.807) is 13.0 Å². The summed E-state index contributed by atoms with van der Waals surface area (Å²) in [5.74, 6) is -0.426. The van der Waals surface area contributed by atoms with Crippen molar-refractivity contribution in [3.05, 3.63) is 52.0 Å². The summed E-state index contributed by atoms with van der Waals surface area (Å²) in [6.45, 7) is 1.64. The standard InChI is InChI=1S/C14H11BrF4/c1-8-6-9(2-5-13(8)16)11-4-3-10(15)7-12(11)14(17,18)19/h2-8,13H,1H3. The number of rotatable bonds is 1. The Morgan fingerprint density at radius 3 is 2.47 bits per heavy atom. The van der Waals surface area contributed by atoms with Gasteiger partial charge < -0.3 is 0 Å². The Bertz CT molecular complexity index is 543. The molecular formula is C14H11BrF4. The van der Waals surface area contributed by atoms with E-state index in [0.29, 0.717) is 10.0 Å². The van der Waals surface area contributed by atoms with Crippen LogP contribution in [0.3, 0.4) is 0 Å². The van der Waals surface area contributed by atoms with Gasteiger partial charge in [0.05, 0.1) is 5.56 Å². The van der Waals surface area contributed by atoms with Crippen molar-refractivity contribution >= 4 is 21.5 Å². The third-order valence-electron chi connectivity index (χ3n) is 3.00. The van der Waals surface area contributed by atoms with Crippen LogP contribution in [0.5, 0.6) is 0 Å². The van der Waals surface area contributed by atoms with Gasteiger partial charge in [0.2, 0.25) is 0 Å². The molecule has 1 aromatic rings. The maximum atomic E-state index is 13.3. The van der Waals surface area contributed by atoms with E-state index in [1.165, 1.54) is 24.3 Å². The predicted molar refractivity (Wildman–Crippen MR) is 70.3 cm³/mol. The second kappa shape index (κ2) is 5.12. The van der Waals surface area contributed by atoms with Crippen LogP contribution in [-0.4, -0.2) is 6.17 Å². The molecular weight excluding hydrogens is 324 g/mol. The zero-order valence-corrected chi connectivity index (χ0v) is 11.6. The maximum Gasteiger partial charge on any atom is 0.417 e. The summed E-state index contributed by atoms with van der Waals surface area (Å²) in [4.78, 5) is 0. The Hall–Kier alpha value is -1.10. The van der Waals surface area contributed by atoms with E-state index in [4.69, 9.17) is 0 Å². The highest BCUT2D eigenvalue weighted by Gasteiger charge is 2.34. The fourth-order valence-corrected chi connectivity index (χ4v) is 2.34. The van der Waals surface area contributed by atoms with E-state index in [-0.39, 0.29) is 5.56 Å². The van der Waals surface area contributed by atoms with Crippen molar-refractivity contribution in [2.24, 2.45) is 5.92 Å². The lowest BCUT2D eigenvalue weighted by Gasteiger charge is -2.19. The van der Waals surface area contributed by atoms with Gasteiger partial charge in [-0.2, -0.15) is 13.2 Å². The molecule has 0 nitrogen and oxygen atoms in total. The van der Waals surface area contributed by atoms with Gasteiger partial charge in [0, 0.05) is 10.4 Å². The normalized spacial score (nSPS) is 23.4. The number of hydrogen-bond acceptors (Lipinski definition) is 0. The quantitative estimate of drug-likeness (QED) is 0.603. The molecule has 2 unspecified atom stereocenters. The average Bonchev–Trinajstić information content (AvgIpc) is 2.32. The van der Waals surface area contributed by atoms with Crippen molar-refractivity contribution in [1.29, 1.82) is 0 Å². The molecule has 5 heteroatoms. The SMILES string of the molecule is CC1C=C(c2ccc(Br)cc2C(F)(F)F)C=CC1F. The predicted octanol–water partition coefficient (Wildman–Crippen LogP) is 5.40. The first kappa shape index (κ1) is 14.3. The summed E-state index contributed by atoms with van der Waals surface area (Å²) in [5, 5.41) is 0. The molecule has 0 saturated carbocycles. The highest BCUT2D eigenvalue weighted by Crippen LogP contribution is 2.38. The second-order valence-electron chi connectivity index (χ2n) is 4.47. The van der Waals surface area contributed by atoms with Crippen LogP contribution in [-0.2, 0) is 6.18 Å². The van der Waals surface area contributed by atoms with Crippen molar-refractivity contribution in [2.45, 2.75) is 19.3 Å². The van der Waals surface area contributed by atoms with E-state index in [9.17, 15) is 17.6 Å². The average molecular weight is 335 g/mol. The molecule has 2 atom stereocenters. The molecule has 2 rings (SSSR count). The van der Waals surface area contributed by atoms with Gasteiger partial charge in [-0.25, -0.2) is 4.39 Å². The van der Waals surface area contributed by atoms with Crippen LogP contribution in [0.25, 0.3) is 5.57 Å². The van der Waals surface area contributed by atoms with Crippen LogP contribution in [0.4, 0.5) is 17.6 Å². The van der Waals surface area contributed by atoms with Crippen molar-refractivity contribution in [1.82, 2.24) is 0 Å². The first-order chi connectivity index (χ1) is 8.79. The fourth-order valence-electron chi connectivity index (χ4n) is 1.98. The Labute approximate surface area is 116 Å². The molecule has 1 aliphatic rings. The number of allylic oxidation sites excluding steroid dienone is 4. The van der Waals surface area contributed by atoms with Gasteiger partial charge in [0.1, 0.15) is 6.17 Å². The van der Waals surface area contributed by atoms with Crippen molar-refractivity contribution < 1.29 is 17.6 Å². The summed E-state index contributed by atoms with van der Waals surface area (Å²) in [6, 6.07) is 3.98. The van der Waals surface area contributed by atoms with Crippen molar-refractivity contribution in [3.8, 4) is 0 Å². The van der Waals surface area contributed by atoms with Gasteiger partial charge in [-0.15, -0.1) is 0 Å². The van der Waals surface area contributed by atoms with Crippen LogP contribution in [0.15, 0.2) is 40.9 Å². The lowest BCUT2D eigenvalue weighted by molar-refractivity contribution is -0.137. The van der Waals surface area contributed by atoms with Gasteiger partial charge in [0.15, 0.2) is 0 Å². The first-order valence-electron chi connectivity index (χ1n) is 5.70. The molecule has 0 aliphatic heterocycles. The fraction of sp³-hybridized carbons (Fsp3) is 0.286. The van der Waals surface area contributed by atoms with Gasteiger partial charge in [-0.3, -0.25) is 0 Å². The molecule has 0 aromatic heterocycles. The van der Waals surface area contributed by atoms with Gasteiger partial charge in [-0.05, 0) is 29.3 Å². The van der Waals surface area contributed by atoms with E-state index in [0.717, 1.165) is 6.07 Å². The summed E-state index contributed by atoms with van der Waals surface area (Å²) >= 11 is 3.04. The smallest absolute Gasteiger partial charge is 0.242 e. The third kappa shape index (κ3) is 3.08. The summed E-state index contributed by atoms with van der Waals surface area (Å²) in [5.41, 5.74) is -0.241. The van der Waals surface area contributed by atoms with Crippen molar-refractivity contribution in [3.63, 3.8) is 0 Å². The van der Waals surface area contributed by atoms with Gasteiger partial charge in [-0.1, -0.05) is 41.1 Å². The zero-order chi connectivity index (χ0) is 14.2. The molecule has 0 saturated heterocycles. The van der Waals surface area contributed by atoms with E-state index < -0.39 is 23.8 Å². The largest absolute Gasteiger partial charge is 0.417 e. The van der Waals surface area contributed by atoms with E-state index in [2.05, 4.69) is 15.9 Å².